The monoisotopic (exact) mass is 198 g/mol. The van der Waals surface area contributed by atoms with E-state index in [1.54, 1.807) is 26.2 Å². The number of halogens is 2. The van der Waals surface area contributed by atoms with Crippen molar-refractivity contribution in [3.05, 3.63) is 0 Å². The van der Waals surface area contributed by atoms with Gasteiger partial charge in [0.1, 0.15) is 12.6 Å². The summed E-state index contributed by atoms with van der Waals surface area (Å²) in [6.07, 6.45) is -0.854. The summed E-state index contributed by atoms with van der Waals surface area (Å²) in [5.74, 6) is 0. The lowest BCUT2D eigenvalue weighted by Gasteiger charge is -2.29. The molecule has 0 aliphatic carbocycles. The number of hydrogen-bond acceptors (Lipinski definition) is 1. The molecule has 0 aromatic heterocycles. The minimum Gasteiger partial charge on any atom is -0.452 e. The molecule has 0 amide bonds. The van der Waals surface area contributed by atoms with Gasteiger partial charge in [-0.05, 0) is 26.2 Å². The molecule has 0 aromatic rings. The molecule has 0 atom stereocenters. The summed E-state index contributed by atoms with van der Waals surface area (Å²) in [7, 11) is -4.36. The van der Waals surface area contributed by atoms with E-state index in [9.17, 15) is 8.78 Å². The molecule has 0 saturated carbocycles. The topological polar surface area (TPSA) is 9.23 Å². The Labute approximate surface area is 69.0 Å². The van der Waals surface area contributed by atoms with Crippen molar-refractivity contribution >= 4 is 16.6 Å². The molecule has 0 spiro atoms. The molecule has 68 valence electrons. The van der Waals surface area contributed by atoms with Gasteiger partial charge in [0.2, 0.25) is 16.6 Å². The molecule has 0 unspecified atom stereocenters. The molecule has 0 bridgehead atoms. The first-order chi connectivity index (χ1) is 4.83. The Kier molecular flexibility index (Phi) is 3.86. The highest BCUT2D eigenvalue weighted by Gasteiger charge is 2.33. The quantitative estimate of drug-likeness (QED) is 0.630. The van der Waals surface area contributed by atoms with Crippen molar-refractivity contribution in [2.24, 2.45) is 0 Å². The van der Waals surface area contributed by atoms with Crippen LogP contribution in [0.2, 0.25) is 26.2 Å². The number of hydrogen-bond donors (Lipinski definition) is 0. The van der Waals surface area contributed by atoms with Crippen molar-refractivity contribution in [3.8, 4) is 0 Å². The van der Waals surface area contributed by atoms with Gasteiger partial charge in [0, 0.05) is 0 Å². The maximum atomic E-state index is 12.3. The minimum atomic E-state index is -2.18. The summed E-state index contributed by atoms with van der Waals surface area (Å²) >= 11 is 0. The van der Waals surface area contributed by atoms with Gasteiger partial charge in [0.25, 0.3) is 0 Å². The van der Waals surface area contributed by atoms with E-state index < -0.39 is 29.2 Å². The molecule has 0 heterocycles. The average molecular weight is 198 g/mol. The molecule has 0 saturated heterocycles. The third-order valence-corrected chi connectivity index (χ3v) is 6.90. The normalized spacial score (nSPS) is 13.6. The fourth-order valence-electron chi connectivity index (χ4n) is 0.803. The second kappa shape index (κ2) is 3.77. The zero-order valence-electron chi connectivity index (χ0n) is 7.58. The van der Waals surface area contributed by atoms with E-state index in [4.69, 9.17) is 4.12 Å². The van der Waals surface area contributed by atoms with Crippen molar-refractivity contribution in [3.63, 3.8) is 0 Å². The summed E-state index contributed by atoms with van der Waals surface area (Å²) in [6, 6.07) is 0. The summed E-state index contributed by atoms with van der Waals surface area (Å²) in [5, 5.41) is 0. The van der Waals surface area contributed by atoms with Crippen LogP contribution in [0.3, 0.4) is 0 Å². The van der Waals surface area contributed by atoms with Crippen LogP contribution in [0.1, 0.15) is 0 Å². The lowest BCUT2D eigenvalue weighted by Crippen LogP contribution is -2.47. The van der Waals surface area contributed by atoms with E-state index in [1.165, 1.54) is 0 Å². The molecule has 5 heteroatoms. The van der Waals surface area contributed by atoms with E-state index in [-0.39, 0.29) is 0 Å². The van der Waals surface area contributed by atoms with Gasteiger partial charge in [-0.3, -0.25) is 8.78 Å². The van der Waals surface area contributed by atoms with Crippen LogP contribution in [0.25, 0.3) is 0 Å². The second-order valence-electron chi connectivity index (χ2n) is 3.89. The first-order valence-electron chi connectivity index (χ1n) is 3.65. The lowest BCUT2D eigenvalue weighted by atomic mass is 11.8. The van der Waals surface area contributed by atoms with Crippen molar-refractivity contribution in [1.29, 1.82) is 0 Å². The van der Waals surface area contributed by atoms with E-state index >= 15 is 0 Å². The molecule has 0 aliphatic heterocycles. The molecule has 0 radical (unpaired) electrons. The van der Waals surface area contributed by atoms with Crippen LogP contribution in [0, 0.1) is 0 Å². The molecular weight excluding hydrogens is 182 g/mol. The molecule has 0 rings (SSSR count). The van der Waals surface area contributed by atoms with Gasteiger partial charge in [0.15, 0.2) is 0 Å². The molecule has 11 heavy (non-hydrogen) atoms. The maximum absolute atomic E-state index is 12.3. The Hall–Kier alpha value is 0.254. The van der Waals surface area contributed by atoms with Gasteiger partial charge in [-0.2, -0.15) is 0 Å². The fraction of sp³-hybridized carbons (Fsp3) is 1.00. The Bertz CT molecular complexity index is 114. The summed E-state index contributed by atoms with van der Waals surface area (Å²) in [6.45, 7) is 7.10. The summed E-state index contributed by atoms with van der Waals surface area (Å²) in [5.41, 5.74) is 0. The zero-order chi connectivity index (χ0) is 9.12. The lowest BCUT2D eigenvalue weighted by molar-refractivity contribution is 0.449. The zero-order valence-corrected chi connectivity index (χ0v) is 9.58. The van der Waals surface area contributed by atoms with E-state index in [0.717, 1.165) is 0 Å². The van der Waals surface area contributed by atoms with Gasteiger partial charge < -0.3 is 4.12 Å². The fourth-order valence-corrected chi connectivity index (χ4v) is 7.22. The van der Waals surface area contributed by atoms with Gasteiger partial charge in [0.05, 0.1) is 0 Å². The van der Waals surface area contributed by atoms with E-state index in [0.29, 0.717) is 0 Å². The van der Waals surface area contributed by atoms with Gasteiger partial charge in [-0.1, -0.05) is 0 Å². The van der Waals surface area contributed by atoms with Crippen LogP contribution in [-0.2, 0) is 4.12 Å². The van der Waals surface area contributed by atoms with Crippen LogP contribution >= 0.6 is 0 Å². The first-order valence-corrected chi connectivity index (χ1v) is 9.88. The Morgan fingerprint density at radius 1 is 0.909 bits per heavy atom. The Balaban J connectivity index is 4.02. The molecule has 0 aromatic carbocycles. The van der Waals surface area contributed by atoms with Gasteiger partial charge >= 0.3 is 0 Å². The van der Waals surface area contributed by atoms with Gasteiger partial charge in [-0.25, -0.2) is 0 Å². The van der Waals surface area contributed by atoms with Gasteiger partial charge in [-0.15, -0.1) is 0 Å². The highest BCUT2D eigenvalue weighted by Crippen LogP contribution is 2.14. The van der Waals surface area contributed by atoms with Crippen molar-refractivity contribution in [1.82, 2.24) is 0 Å². The average Bonchev–Trinajstić information content (AvgIpc) is 1.86. The van der Waals surface area contributed by atoms with Crippen LogP contribution in [-0.4, -0.2) is 29.2 Å². The van der Waals surface area contributed by atoms with Crippen LogP contribution in [0.15, 0.2) is 0 Å². The van der Waals surface area contributed by atoms with Crippen molar-refractivity contribution in [2.45, 2.75) is 26.2 Å². The minimum absolute atomic E-state index is 0.427. The van der Waals surface area contributed by atoms with Crippen molar-refractivity contribution in [2.75, 3.05) is 12.6 Å². The number of rotatable bonds is 4. The molecule has 1 nitrogen and oxygen atoms in total. The summed E-state index contributed by atoms with van der Waals surface area (Å²) < 4.78 is 30.0. The SMILES string of the molecule is C[Si](C)(CF)O[Si](C)(C)CF. The third kappa shape index (κ3) is 4.65. The van der Waals surface area contributed by atoms with Crippen LogP contribution in [0.4, 0.5) is 8.78 Å². The van der Waals surface area contributed by atoms with Crippen LogP contribution < -0.4 is 0 Å². The number of alkyl halides is 2. The predicted octanol–water partition coefficient (Wildman–Crippen LogP) is 2.43. The molecule has 0 N–H and O–H groups in total. The molecule has 0 fully saturated rings. The second-order valence-corrected chi connectivity index (χ2v) is 12.3. The molecular formula is C6H16F2OSi2. The Morgan fingerprint density at radius 3 is 1.36 bits per heavy atom. The Morgan fingerprint density at radius 2 is 1.18 bits per heavy atom. The third-order valence-electron chi connectivity index (χ3n) is 1.20. The molecule has 0 aliphatic rings. The van der Waals surface area contributed by atoms with Crippen molar-refractivity contribution < 1.29 is 12.9 Å². The standard InChI is InChI=1S/C6H16F2OSi2/c1-10(2,5-7)9-11(3,4)6-8/h5-6H2,1-4H3. The predicted molar refractivity (Wildman–Crippen MR) is 48.0 cm³/mol. The van der Waals surface area contributed by atoms with Crippen LogP contribution in [0.5, 0.6) is 0 Å². The highest BCUT2D eigenvalue weighted by molar-refractivity contribution is 6.84. The highest BCUT2D eigenvalue weighted by atomic mass is 28.4. The van der Waals surface area contributed by atoms with E-state index in [1.807, 2.05) is 0 Å². The smallest absolute Gasteiger partial charge is 0.205 e. The maximum Gasteiger partial charge on any atom is 0.205 e. The largest absolute Gasteiger partial charge is 0.452 e. The summed E-state index contributed by atoms with van der Waals surface area (Å²) in [4.78, 5) is 0. The first kappa shape index (κ1) is 11.3. The van der Waals surface area contributed by atoms with E-state index in [2.05, 4.69) is 0 Å².